The number of carbonyl (C=O) groups excluding carboxylic acids is 2. The molecule has 8 nitrogen and oxygen atoms in total. The SMILES string of the molecule is CSc1ccc(NC(=O)Nc2ccc(CC(c3ccc(F)cn3)N(C=O)CCc3c[nH]cn3)c(C)c2)cc1. The number of nitrogens with one attached hydrogen (secondary N) is 3. The number of rotatable bonds is 11. The summed E-state index contributed by atoms with van der Waals surface area (Å²) in [6, 6.07) is 15.4. The van der Waals surface area contributed by atoms with E-state index in [4.69, 9.17) is 0 Å². The summed E-state index contributed by atoms with van der Waals surface area (Å²) in [4.78, 5) is 38.8. The number of halogens is 1. The highest BCUT2D eigenvalue weighted by atomic mass is 32.2. The fourth-order valence-corrected chi connectivity index (χ4v) is 4.52. The Morgan fingerprint density at radius 2 is 1.87 bits per heavy atom. The Labute approximate surface area is 225 Å². The van der Waals surface area contributed by atoms with Crippen molar-refractivity contribution >= 4 is 35.6 Å². The third kappa shape index (κ3) is 7.19. The lowest BCUT2D eigenvalue weighted by Crippen LogP contribution is -2.32. The smallest absolute Gasteiger partial charge is 0.323 e. The van der Waals surface area contributed by atoms with Gasteiger partial charge in [0.1, 0.15) is 5.82 Å². The van der Waals surface area contributed by atoms with Gasteiger partial charge in [-0.2, -0.15) is 0 Å². The van der Waals surface area contributed by atoms with E-state index in [0.29, 0.717) is 36.5 Å². The molecule has 2 heterocycles. The Bertz CT molecular complexity index is 1350. The van der Waals surface area contributed by atoms with Crippen LogP contribution in [0.1, 0.15) is 28.6 Å². The third-order valence-electron chi connectivity index (χ3n) is 6.17. The Morgan fingerprint density at radius 1 is 1.11 bits per heavy atom. The van der Waals surface area contributed by atoms with Crippen molar-refractivity contribution in [2.45, 2.75) is 30.7 Å². The van der Waals surface area contributed by atoms with Crippen molar-refractivity contribution in [2.24, 2.45) is 0 Å². The lowest BCUT2D eigenvalue weighted by Gasteiger charge is -2.28. The Hall–Kier alpha value is -4.18. The van der Waals surface area contributed by atoms with Gasteiger partial charge in [0.25, 0.3) is 0 Å². The molecule has 2 aromatic carbocycles. The zero-order chi connectivity index (χ0) is 26.9. The van der Waals surface area contributed by atoms with E-state index in [1.165, 1.54) is 6.07 Å². The molecule has 0 spiro atoms. The monoisotopic (exact) mass is 532 g/mol. The number of carbonyl (C=O) groups is 2. The summed E-state index contributed by atoms with van der Waals surface area (Å²) >= 11 is 1.63. The minimum atomic E-state index is -0.438. The minimum absolute atomic E-state index is 0.340. The summed E-state index contributed by atoms with van der Waals surface area (Å²) in [5.41, 5.74) is 4.70. The van der Waals surface area contributed by atoms with Crippen LogP contribution in [0.3, 0.4) is 0 Å². The molecule has 1 unspecified atom stereocenters. The van der Waals surface area contributed by atoms with Gasteiger partial charge < -0.3 is 20.5 Å². The van der Waals surface area contributed by atoms with Crippen LogP contribution in [-0.2, 0) is 17.6 Å². The summed E-state index contributed by atoms with van der Waals surface area (Å²) in [7, 11) is 0. The van der Waals surface area contributed by atoms with E-state index in [-0.39, 0.29) is 6.03 Å². The summed E-state index contributed by atoms with van der Waals surface area (Å²) in [5, 5.41) is 5.69. The number of urea groups is 1. The van der Waals surface area contributed by atoms with Gasteiger partial charge in [-0.3, -0.25) is 9.78 Å². The van der Waals surface area contributed by atoms with Crippen molar-refractivity contribution in [3.63, 3.8) is 0 Å². The van der Waals surface area contributed by atoms with E-state index in [1.807, 2.05) is 55.6 Å². The molecule has 0 fully saturated rings. The van der Waals surface area contributed by atoms with Gasteiger partial charge in [-0.25, -0.2) is 14.2 Å². The molecule has 0 saturated heterocycles. The van der Waals surface area contributed by atoms with E-state index in [0.717, 1.165) is 34.3 Å². The standard InChI is InChI=1S/C28H29FN6O2S/c1-19-13-23(34-28(37)33-22-6-8-25(38-2)9-7-22)5-3-20(19)14-27(26-10-4-21(29)15-31-26)35(18-36)12-11-24-16-30-17-32-24/h3-10,13,15-18,27H,11-12,14H2,1-2H3,(H,30,32)(H2,33,34,37). The largest absolute Gasteiger partial charge is 0.351 e. The van der Waals surface area contributed by atoms with Gasteiger partial charge in [0.05, 0.1) is 30.0 Å². The zero-order valence-corrected chi connectivity index (χ0v) is 22.0. The summed E-state index contributed by atoms with van der Waals surface area (Å²) in [6.07, 6.45) is 8.38. The molecule has 0 bridgehead atoms. The predicted octanol–water partition coefficient (Wildman–Crippen LogP) is 5.60. The van der Waals surface area contributed by atoms with Crippen LogP contribution in [-0.4, -0.2) is 45.1 Å². The van der Waals surface area contributed by atoms with Crippen molar-refractivity contribution in [3.8, 4) is 0 Å². The normalized spacial score (nSPS) is 11.6. The van der Waals surface area contributed by atoms with Crippen molar-refractivity contribution in [1.82, 2.24) is 19.9 Å². The maximum Gasteiger partial charge on any atom is 0.323 e. The number of amides is 3. The first-order valence-electron chi connectivity index (χ1n) is 12.1. The molecule has 3 N–H and O–H groups in total. The Morgan fingerprint density at radius 3 is 2.50 bits per heavy atom. The second kappa shape index (κ2) is 12.9. The molecule has 0 aliphatic carbocycles. The van der Waals surface area contributed by atoms with Crippen LogP contribution in [0.15, 0.2) is 78.2 Å². The molecule has 3 amide bonds. The lowest BCUT2D eigenvalue weighted by molar-refractivity contribution is -0.120. The number of benzene rings is 2. The molecular weight excluding hydrogens is 503 g/mol. The number of aryl methyl sites for hydroxylation is 1. The maximum atomic E-state index is 13.6. The van der Waals surface area contributed by atoms with Crippen molar-refractivity contribution in [2.75, 3.05) is 23.4 Å². The van der Waals surface area contributed by atoms with Crippen LogP contribution in [0.4, 0.5) is 20.6 Å². The van der Waals surface area contributed by atoms with E-state index in [2.05, 4.69) is 25.6 Å². The topological polar surface area (TPSA) is 103 Å². The first-order chi connectivity index (χ1) is 18.4. The summed E-state index contributed by atoms with van der Waals surface area (Å²) in [6.45, 7) is 2.37. The van der Waals surface area contributed by atoms with Gasteiger partial charge >= 0.3 is 6.03 Å². The lowest BCUT2D eigenvalue weighted by atomic mass is 9.97. The van der Waals surface area contributed by atoms with Crippen LogP contribution in [0.2, 0.25) is 0 Å². The number of pyridine rings is 1. The van der Waals surface area contributed by atoms with E-state index in [9.17, 15) is 14.0 Å². The third-order valence-corrected chi connectivity index (χ3v) is 6.91. The molecule has 1 atom stereocenters. The van der Waals surface area contributed by atoms with Gasteiger partial charge in [0.2, 0.25) is 6.41 Å². The fraction of sp³-hybridized carbons (Fsp3) is 0.214. The first-order valence-corrected chi connectivity index (χ1v) is 13.3. The fourth-order valence-electron chi connectivity index (χ4n) is 4.11. The number of anilines is 2. The number of nitrogens with zero attached hydrogens (tertiary/aromatic N) is 3. The van der Waals surface area contributed by atoms with Crippen LogP contribution >= 0.6 is 11.8 Å². The molecular formula is C28H29FN6O2S. The molecule has 0 saturated carbocycles. The highest BCUT2D eigenvalue weighted by Crippen LogP contribution is 2.27. The number of aromatic nitrogens is 3. The van der Waals surface area contributed by atoms with Crippen molar-refractivity contribution in [1.29, 1.82) is 0 Å². The summed E-state index contributed by atoms with van der Waals surface area (Å²) < 4.78 is 13.6. The minimum Gasteiger partial charge on any atom is -0.351 e. The molecule has 10 heteroatoms. The summed E-state index contributed by atoms with van der Waals surface area (Å²) in [5.74, 6) is -0.438. The number of hydrogen-bond donors (Lipinski definition) is 3. The van der Waals surface area contributed by atoms with Crippen molar-refractivity contribution < 1.29 is 14.0 Å². The van der Waals surface area contributed by atoms with Gasteiger partial charge in [0.15, 0.2) is 0 Å². The van der Waals surface area contributed by atoms with Crippen LogP contribution in [0.25, 0.3) is 0 Å². The van der Waals surface area contributed by atoms with Crippen LogP contribution in [0.5, 0.6) is 0 Å². The molecule has 0 aliphatic heterocycles. The molecule has 4 aromatic rings. The average molecular weight is 533 g/mol. The van der Waals surface area contributed by atoms with Gasteiger partial charge in [-0.1, -0.05) is 6.07 Å². The zero-order valence-electron chi connectivity index (χ0n) is 21.1. The van der Waals surface area contributed by atoms with E-state index >= 15 is 0 Å². The Balaban J connectivity index is 1.47. The Kier molecular flexibility index (Phi) is 9.10. The quantitative estimate of drug-likeness (QED) is 0.172. The predicted molar refractivity (Wildman–Crippen MR) is 148 cm³/mol. The number of thioether (sulfide) groups is 1. The van der Waals surface area contributed by atoms with E-state index < -0.39 is 11.9 Å². The highest BCUT2D eigenvalue weighted by Gasteiger charge is 2.22. The van der Waals surface area contributed by atoms with E-state index in [1.54, 1.807) is 35.3 Å². The van der Waals surface area contributed by atoms with Gasteiger partial charge in [0, 0.05) is 35.4 Å². The number of H-pyrrole nitrogens is 1. The molecule has 4 rings (SSSR count). The van der Waals surface area contributed by atoms with Crippen LogP contribution < -0.4 is 10.6 Å². The molecule has 38 heavy (non-hydrogen) atoms. The van der Waals surface area contributed by atoms with Crippen molar-refractivity contribution in [3.05, 3.63) is 102 Å². The number of aromatic amines is 1. The first kappa shape index (κ1) is 26.9. The molecule has 0 radical (unpaired) electrons. The second-order valence-electron chi connectivity index (χ2n) is 8.72. The van der Waals surface area contributed by atoms with Crippen LogP contribution in [0, 0.1) is 12.7 Å². The van der Waals surface area contributed by atoms with Gasteiger partial charge in [-0.05, 0) is 79.3 Å². The number of hydrogen-bond acceptors (Lipinski definition) is 5. The molecule has 2 aromatic heterocycles. The second-order valence-corrected chi connectivity index (χ2v) is 9.60. The average Bonchev–Trinajstić information content (AvgIpc) is 3.44. The molecule has 196 valence electrons. The molecule has 0 aliphatic rings. The maximum absolute atomic E-state index is 13.6. The van der Waals surface area contributed by atoms with Gasteiger partial charge in [-0.15, -0.1) is 11.8 Å². The highest BCUT2D eigenvalue weighted by molar-refractivity contribution is 7.98. The number of imidazole rings is 1.